The Morgan fingerprint density at radius 3 is 1.75 bits per heavy atom. The maximum absolute atomic E-state index is 14.2. The van der Waals surface area contributed by atoms with E-state index in [-0.39, 0.29) is 32.5 Å². The van der Waals surface area contributed by atoms with Crippen LogP contribution in [0.2, 0.25) is 0 Å². The molecule has 0 bridgehead atoms. The fourth-order valence-corrected chi connectivity index (χ4v) is 6.95. The van der Waals surface area contributed by atoms with Crippen molar-refractivity contribution in [2.45, 2.75) is 161 Å². The van der Waals surface area contributed by atoms with E-state index in [1.165, 1.54) is 17.4 Å². The monoisotopic (exact) mass is 879 g/mol. The summed E-state index contributed by atoms with van der Waals surface area (Å²) in [4.78, 5) is 92.1. The summed E-state index contributed by atoms with van der Waals surface area (Å²) in [6.07, 6.45) is 5.03. The SMILES string of the molecule is CCCCc1ccc(-c2ccc(C(=O)N[C@@H](CCCCNC(=O)OC(C)(C)C)C(=O)N3CCC[C@H]3C(=O)N[C@@H](C)C(=O)N[C@@H](CCCCNC(=O)OC(C)(C)C)C(=O)O)cc2)cc1. The van der Waals surface area contributed by atoms with Gasteiger partial charge in [0, 0.05) is 25.2 Å². The zero-order chi connectivity index (χ0) is 46.7. The average Bonchev–Trinajstić information content (AvgIpc) is 3.71. The van der Waals surface area contributed by atoms with E-state index in [4.69, 9.17) is 9.47 Å². The molecule has 2 aromatic rings. The lowest BCUT2D eigenvalue weighted by Gasteiger charge is -2.29. The molecule has 0 saturated carbocycles. The highest BCUT2D eigenvalue weighted by Gasteiger charge is 2.38. The predicted molar refractivity (Wildman–Crippen MR) is 240 cm³/mol. The minimum atomic E-state index is -1.24. The van der Waals surface area contributed by atoms with Gasteiger partial charge in [0.15, 0.2) is 0 Å². The van der Waals surface area contributed by atoms with Gasteiger partial charge in [-0.3, -0.25) is 19.2 Å². The number of alkyl carbamates (subject to hydrolysis) is 2. The van der Waals surface area contributed by atoms with Gasteiger partial charge in [-0.05, 0) is 141 Å². The summed E-state index contributed by atoms with van der Waals surface area (Å²) < 4.78 is 10.5. The second-order valence-corrected chi connectivity index (χ2v) is 18.1. The minimum Gasteiger partial charge on any atom is -0.480 e. The molecule has 1 fully saturated rings. The zero-order valence-corrected chi connectivity index (χ0v) is 38.4. The van der Waals surface area contributed by atoms with E-state index < -0.39 is 77.2 Å². The van der Waals surface area contributed by atoms with Crippen LogP contribution in [-0.4, -0.2) is 107 Å². The summed E-state index contributed by atoms with van der Waals surface area (Å²) in [5.74, 6) is -3.45. The van der Waals surface area contributed by atoms with Crippen LogP contribution in [0.15, 0.2) is 48.5 Å². The largest absolute Gasteiger partial charge is 0.480 e. The molecule has 1 heterocycles. The number of benzene rings is 2. The van der Waals surface area contributed by atoms with Crippen LogP contribution >= 0.6 is 0 Å². The first-order valence-corrected chi connectivity index (χ1v) is 22.3. The Morgan fingerprint density at radius 1 is 0.714 bits per heavy atom. The molecule has 63 heavy (non-hydrogen) atoms. The van der Waals surface area contributed by atoms with Crippen LogP contribution in [0.25, 0.3) is 11.1 Å². The lowest BCUT2D eigenvalue weighted by atomic mass is 10.0. The summed E-state index contributed by atoms with van der Waals surface area (Å²) in [7, 11) is 0. The van der Waals surface area contributed by atoms with E-state index in [1.54, 1.807) is 53.7 Å². The highest BCUT2D eigenvalue weighted by atomic mass is 16.6. The van der Waals surface area contributed by atoms with Gasteiger partial charge in [-0.1, -0.05) is 49.7 Å². The normalized spacial score (nSPS) is 15.3. The fraction of sp³-hybridized carbons (Fsp3) is 0.596. The number of likely N-dealkylation sites (tertiary alicyclic amines) is 1. The van der Waals surface area contributed by atoms with Crippen molar-refractivity contribution in [2.24, 2.45) is 0 Å². The third kappa shape index (κ3) is 18.7. The maximum Gasteiger partial charge on any atom is 0.407 e. The van der Waals surface area contributed by atoms with Crippen LogP contribution in [0, 0.1) is 0 Å². The molecule has 0 aliphatic carbocycles. The van der Waals surface area contributed by atoms with E-state index in [0.717, 1.165) is 30.4 Å². The van der Waals surface area contributed by atoms with Crippen molar-refractivity contribution in [3.8, 4) is 11.1 Å². The molecular formula is C47H70N6O10. The maximum atomic E-state index is 14.2. The van der Waals surface area contributed by atoms with Gasteiger partial charge in [0.05, 0.1) is 0 Å². The Labute approximate surface area is 372 Å². The molecule has 16 heteroatoms. The number of carboxylic acids is 1. The Morgan fingerprint density at radius 2 is 1.24 bits per heavy atom. The van der Waals surface area contributed by atoms with Crippen molar-refractivity contribution in [1.82, 2.24) is 31.5 Å². The van der Waals surface area contributed by atoms with Gasteiger partial charge in [0.2, 0.25) is 17.7 Å². The van der Waals surface area contributed by atoms with Crippen molar-refractivity contribution in [3.05, 3.63) is 59.7 Å². The molecule has 2 aromatic carbocycles. The van der Waals surface area contributed by atoms with Crippen molar-refractivity contribution >= 4 is 41.8 Å². The van der Waals surface area contributed by atoms with Gasteiger partial charge in [0.25, 0.3) is 5.91 Å². The first-order valence-electron chi connectivity index (χ1n) is 22.3. The number of hydrogen-bond donors (Lipinski definition) is 6. The van der Waals surface area contributed by atoms with Crippen molar-refractivity contribution in [1.29, 1.82) is 0 Å². The lowest BCUT2D eigenvalue weighted by molar-refractivity contribution is -0.143. The van der Waals surface area contributed by atoms with E-state index >= 15 is 0 Å². The lowest BCUT2D eigenvalue weighted by Crippen LogP contribution is -2.56. The number of amides is 6. The summed E-state index contributed by atoms with van der Waals surface area (Å²) in [5.41, 5.74) is 2.27. The Hall–Kier alpha value is -5.67. The van der Waals surface area contributed by atoms with Gasteiger partial charge < -0.3 is 46.1 Å². The van der Waals surface area contributed by atoms with Crippen molar-refractivity contribution in [3.63, 3.8) is 0 Å². The third-order valence-corrected chi connectivity index (χ3v) is 10.2. The van der Waals surface area contributed by atoms with Crippen LogP contribution in [0.1, 0.15) is 136 Å². The number of nitrogens with one attached hydrogen (secondary N) is 5. The number of carbonyl (C=O) groups excluding carboxylic acids is 6. The molecule has 4 atom stereocenters. The Kier molecular flexibility index (Phi) is 20.4. The second kappa shape index (κ2) is 24.8. The number of hydrogen-bond acceptors (Lipinski definition) is 9. The number of rotatable bonds is 22. The van der Waals surface area contributed by atoms with E-state index in [9.17, 15) is 38.7 Å². The van der Waals surface area contributed by atoms with Crippen LogP contribution in [0.3, 0.4) is 0 Å². The molecular weight excluding hydrogens is 809 g/mol. The van der Waals surface area contributed by atoms with Crippen LogP contribution in [-0.2, 0) is 35.1 Å². The molecule has 0 spiro atoms. The molecule has 6 N–H and O–H groups in total. The molecule has 1 aliphatic rings. The van der Waals surface area contributed by atoms with Crippen LogP contribution < -0.4 is 26.6 Å². The fourth-order valence-electron chi connectivity index (χ4n) is 6.95. The number of carboxylic acid groups (broad SMARTS) is 1. The highest BCUT2D eigenvalue weighted by molar-refractivity contribution is 5.99. The highest BCUT2D eigenvalue weighted by Crippen LogP contribution is 2.23. The molecule has 0 unspecified atom stereocenters. The molecule has 348 valence electrons. The number of aliphatic carboxylic acids is 1. The van der Waals surface area contributed by atoms with Gasteiger partial charge in [-0.25, -0.2) is 14.4 Å². The summed E-state index contributed by atoms with van der Waals surface area (Å²) >= 11 is 0. The standard InChI is InChI=1S/C47H70N6O10/c1-9-10-16-32-20-22-33(23-21-32)34-24-26-35(27-25-34)40(55)51-36(17-11-13-28-48-44(60)62-46(3,4)5)42(57)53-30-15-19-38(53)41(56)50-31(2)39(54)52-37(43(58)59)18-12-14-29-49-45(61)63-47(6,7)8/h20-27,31,36-38H,9-19,28-30H2,1-8H3,(H,48,60)(H,49,61)(H,50,56)(H,51,55)(H,52,54)(H,58,59)/t31-,36-,37-,38-/m0/s1. The quantitative estimate of drug-likeness (QED) is 0.0730. The third-order valence-electron chi connectivity index (χ3n) is 10.2. The van der Waals surface area contributed by atoms with Crippen LogP contribution in [0.4, 0.5) is 9.59 Å². The van der Waals surface area contributed by atoms with Gasteiger partial charge in [-0.15, -0.1) is 0 Å². The Bertz CT molecular complexity index is 1840. The molecule has 0 aromatic heterocycles. The first-order chi connectivity index (χ1) is 29.7. The number of ether oxygens (including phenoxy) is 2. The molecule has 6 amide bonds. The molecule has 1 aliphatic heterocycles. The van der Waals surface area contributed by atoms with Crippen molar-refractivity contribution in [2.75, 3.05) is 19.6 Å². The van der Waals surface area contributed by atoms with Gasteiger partial charge >= 0.3 is 18.2 Å². The first kappa shape index (κ1) is 51.7. The topological polar surface area (TPSA) is 222 Å². The van der Waals surface area contributed by atoms with Gasteiger partial charge in [-0.2, -0.15) is 0 Å². The zero-order valence-electron chi connectivity index (χ0n) is 38.4. The molecule has 3 rings (SSSR count). The minimum absolute atomic E-state index is 0.0872. The number of aryl methyl sites for hydroxylation is 1. The number of nitrogens with zero attached hydrogens (tertiary/aromatic N) is 1. The number of carbonyl (C=O) groups is 7. The summed E-state index contributed by atoms with van der Waals surface area (Å²) in [6, 6.07) is 11.2. The number of unbranched alkanes of at least 4 members (excludes halogenated alkanes) is 3. The summed E-state index contributed by atoms with van der Waals surface area (Å²) in [5, 5.41) is 23.1. The van der Waals surface area contributed by atoms with E-state index in [1.807, 2.05) is 12.1 Å². The molecule has 1 saturated heterocycles. The predicted octanol–water partition coefficient (Wildman–Crippen LogP) is 6.25. The average molecular weight is 879 g/mol. The Balaban J connectivity index is 1.64. The van der Waals surface area contributed by atoms with Gasteiger partial charge in [0.1, 0.15) is 35.4 Å². The molecule has 16 nitrogen and oxygen atoms in total. The van der Waals surface area contributed by atoms with Crippen LogP contribution in [0.5, 0.6) is 0 Å². The van der Waals surface area contributed by atoms with E-state index in [0.29, 0.717) is 44.1 Å². The second-order valence-electron chi connectivity index (χ2n) is 18.1. The van der Waals surface area contributed by atoms with Crippen molar-refractivity contribution < 1.29 is 48.1 Å². The molecule has 0 radical (unpaired) electrons. The summed E-state index contributed by atoms with van der Waals surface area (Å²) in [6.45, 7) is 14.9. The smallest absolute Gasteiger partial charge is 0.407 e. The van der Waals surface area contributed by atoms with E-state index in [2.05, 4.69) is 57.8 Å².